The Kier molecular flexibility index (Phi) is 3.23. The molecule has 0 radical (unpaired) electrons. The molecule has 1 aromatic heterocycles. The van der Waals surface area contributed by atoms with E-state index in [2.05, 4.69) is 11.7 Å². The molecule has 2 aliphatic rings. The van der Waals surface area contributed by atoms with E-state index in [1.54, 1.807) is 6.92 Å². The summed E-state index contributed by atoms with van der Waals surface area (Å²) in [7, 11) is 1.26. The van der Waals surface area contributed by atoms with E-state index in [0.717, 1.165) is 9.25 Å². The zero-order valence-corrected chi connectivity index (χ0v) is 14.0. The van der Waals surface area contributed by atoms with Crippen LogP contribution in [0.2, 0.25) is 0 Å². The van der Waals surface area contributed by atoms with Crippen molar-refractivity contribution in [2.24, 2.45) is 7.05 Å². The minimum Gasteiger partial charge on any atom is -0.246 e. The third-order valence-electron chi connectivity index (χ3n) is 5.89. The minimum absolute atomic E-state index is 0.280. The molecule has 9 heteroatoms. The molecule has 2 aliphatic carbocycles. The van der Waals surface area contributed by atoms with E-state index in [1.165, 1.54) is 7.05 Å². The van der Waals surface area contributed by atoms with Crippen LogP contribution >= 0.6 is 0 Å². The summed E-state index contributed by atoms with van der Waals surface area (Å²) in [5, 5.41) is 2.40. The average Bonchev–Trinajstić information content (AvgIpc) is 3.20. The molecule has 26 heavy (non-hydrogen) atoms. The molecular weight excluding hydrogens is 354 g/mol. The van der Waals surface area contributed by atoms with Crippen molar-refractivity contribution >= 4 is 0 Å². The van der Waals surface area contributed by atoms with Crippen LogP contribution in [0.4, 0.5) is 17.6 Å². The molecule has 138 valence electrons. The summed E-state index contributed by atoms with van der Waals surface area (Å²) in [4.78, 5) is 24.5. The Labute approximate surface area is 144 Å². The second-order valence-electron chi connectivity index (χ2n) is 6.97. The van der Waals surface area contributed by atoms with Crippen LogP contribution in [-0.2, 0) is 12.6 Å². The van der Waals surface area contributed by atoms with Crippen LogP contribution in [0, 0.1) is 23.3 Å². The summed E-state index contributed by atoms with van der Waals surface area (Å²) < 4.78 is 58.6. The molecule has 0 amide bonds. The Hall–Kier alpha value is -2.58. The van der Waals surface area contributed by atoms with Gasteiger partial charge in [0.25, 0.3) is 0 Å². The van der Waals surface area contributed by atoms with Gasteiger partial charge in [0.15, 0.2) is 23.3 Å². The molecule has 2 bridgehead atoms. The molecule has 1 heterocycles. The van der Waals surface area contributed by atoms with Gasteiger partial charge in [0.2, 0.25) is 0 Å². The summed E-state index contributed by atoms with van der Waals surface area (Å²) in [6, 6.07) is 0. The smallest absolute Gasteiger partial charge is 0.246 e. The summed E-state index contributed by atoms with van der Waals surface area (Å²) in [5.41, 5.74) is -3.00. The second-order valence-corrected chi connectivity index (χ2v) is 6.97. The van der Waals surface area contributed by atoms with E-state index < -0.39 is 52.0 Å². The number of nitrogens with one attached hydrogen (secondary N) is 1. The zero-order valence-electron chi connectivity index (χ0n) is 14.0. The first-order valence-corrected chi connectivity index (χ1v) is 8.05. The van der Waals surface area contributed by atoms with Gasteiger partial charge < -0.3 is 0 Å². The van der Waals surface area contributed by atoms with Crippen molar-refractivity contribution in [2.45, 2.75) is 37.1 Å². The quantitative estimate of drug-likeness (QED) is 0.382. The predicted octanol–water partition coefficient (Wildman–Crippen LogP) is 2.38. The van der Waals surface area contributed by atoms with Crippen molar-refractivity contribution in [1.29, 1.82) is 0 Å². The Morgan fingerprint density at radius 2 is 1.50 bits per heavy atom. The topological polar surface area (TPSA) is 59.8 Å². The van der Waals surface area contributed by atoms with E-state index in [4.69, 9.17) is 0 Å². The number of hydrogen-bond acceptors (Lipinski definition) is 2. The number of benzene rings is 1. The number of aromatic nitrogens is 3. The first kappa shape index (κ1) is 16.9. The maximum absolute atomic E-state index is 14.5. The van der Waals surface area contributed by atoms with Gasteiger partial charge in [-0.15, -0.1) is 0 Å². The fraction of sp³-hybridized carbons (Fsp3) is 0.412. The lowest BCUT2D eigenvalue weighted by atomic mass is 9.79. The third kappa shape index (κ3) is 1.61. The number of rotatable bonds is 2. The van der Waals surface area contributed by atoms with Crippen LogP contribution in [0.25, 0.3) is 0 Å². The number of aromatic amines is 1. The molecule has 4 rings (SSSR count). The molecule has 1 saturated carbocycles. The number of allylic oxidation sites excluding steroid dienone is 1. The van der Waals surface area contributed by atoms with Gasteiger partial charge in [-0.2, -0.15) is 0 Å². The molecule has 0 spiro atoms. The molecule has 0 aliphatic heterocycles. The number of hydrogen-bond donors (Lipinski definition) is 1. The second kappa shape index (κ2) is 4.99. The van der Waals surface area contributed by atoms with Gasteiger partial charge in [0.1, 0.15) is 5.54 Å². The zero-order chi connectivity index (χ0) is 19.1. The van der Waals surface area contributed by atoms with Gasteiger partial charge in [0.05, 0.1) is 0 Å². The van der Waals surface area contributed by atoms with E-state index in [1.807, 2.05) is 0 Å². The van der Waals surface area contributed by atoms with Gasteiger partial charge >= 0.3 is 11.4 Å². The number of halogens is 4. The van der Waals surface area contributed by atoms with Gasteiger partial charge in [-0.1, -0.05) is 12.2 Å². The summed E-state index contributed by atoms with van der Waals surface area (Å²) in [6.07, 6.45) is 0.630. The minimum atomic E-state index is -1.88. The van der Waals surface area contributed by atoms with Gasteiger partial charge in [-0.05, 0) is 19.8 Å². The molecule has 1 aromatic carbocycles. The van der Waals surface area contributed by atoms with Crippen molar-refractivity contribution in [2.75, 3.05) is 0 Å². The van der Waals surface area contributed by atoms with Crippen LogP contribution in [0.5, 0.6) is 0 Å². The van der Waals surface area contributed by atoms with E-state index in [9.17, 15) is 27.2 Å². The average molecular weight is 369 g/mol. The van der Waals surface area contributed by atoms with Crippen molar-refractivity contribution in [3.05, 3.63) is 67.5 Å². The largest absolute Gasteiger partial charge is 0.347 e. The molecule has 1 N–H and O–H groups in total. The van der Waals surface area contributed by atoms with Crippen LogP contribution in [-0.4, -0.2) is 14.3 Å². The molecule has 0 saturated heterocycles. The maximum atomic E-state index is 14.5. The highest BCUT2D eigenvalue weighted by atomic mass is 19.2. The van der Waals surface area contributed by atoms with E-state index in [0.29, 0.717) is 18.4 Å². The molecule has 2 aromatic rings. The lowest BCUT2D eigenvalue weighted by Gasteiger charge is -2.35. The molecule has 1 fully saturated rings. The van der Waals surface area contributed by atoms with Crippen LogP contribution in [0.1, 0.15) is 42.7 Å². The third-order valence-corrected chi connectivity index (χ3v) is 5.89. The Balaban J connectivity index is 2.12. The Bertz CT molecular complexity index is 1050. The first-order valence-electron chi connectivity index (χ1n) is 8.05. The van der Waals surface area contributed by atoms with Crippen LogP contribution < -0.4 is 11.4 Å². The monoisotopic (exact) mass is 369 g/mol. The highest BCUT2D eigenvalue weighted by molar-refractivity contribution is 5.52. The normalized spacial score (nSPS) is 26.4. The fourth-order valence-corrected chi connectivity index (χ4v) is 4.90. The van der Waals surface area contributed by atoms with Crippen LogP contribution in [0.15, 0.2) is 21.7 Å². The first-order chi connectivity index (χ1) is 12.2. The van der Waals surface area contributed by atoms with Gasteiger partial charge in [0, 0.05) is 30.0 Å². The lowest BCUT2D eigenvalue weighted by molar-refractivity contribution is 0.265. The SMILES string of the molecule is C=C(C)C1(n2[nH]c(=O)n(C)c2=O)[C@H]2CC[C@H]1c1c(F)c(F)c(F)c(F)c12. The highest BCUT2D eigenvalue weighted by Crippen LogP contribution is 2.66. The van der Waals surface area contributed by atoms with Crippen molar-refractivity contribution in [3.8, 4) is 0 Å². The molecule has 5 nitrogen and oxygen atoms in total. The van der Waals surface area contributed by atoms with Crippen LogP contribution in [0.3, 0.4) is 0 Å². The molecular formula is C17H15F4N3O2. The number of H-pyrrole nitrogens is 1. The summed E-state index contributed by atoms with van der Waals surface area (Å²) >= 11 is 0. The highest BCUT2D eigenvalue weighted by Gasteiger charge is 2.63. The maximum Gasteiger partial charge on any atom is 0.347 e. The lowest BCUT2D eigenvalue weighted by Crippen LogP contribution is -2.45. The van der Waals surface area contributed by atoms with E-state index in [-0.39, 0.29) is 11.1 Å². The van der Waals surface area contributed by atoms with Gasteiger partial charge in [-0.3, -0.25) is 0 Å². The molecule has 0 unspecified atom stereocenters. The van der Waals surface area contributed by atoms with Crippen molar-refractivity contribution < 1.29 is 17.6 Å². The van der Waals surface area contributed by atoms with Crippen molar-refractivity contribution in [3.63, 3.8) is 0 Å². The summed E-state index contributed by atoms with van der Waals surface area (Å²) in [6.45, 7) is 5.44. The fourth-order valence-electron chi connectivity index (χ4n) is 4.90. The number of fused-ring (bicyclic) bond motifs is 5. The van der Waals surface area contributed by atoms with E-state index >= 15 is 0 Å². The number of nitrogens with zero attached hydrogens (tertiary/aromatic N) is 2. The Morgan fingerprint density at radius 3 is 1.85 bits per heavy atom. The Morgan fingerprint density at radius 1 is 1.04 bits per heavy atom. The summed E-state index contributed by atoms with van der Waals surface area (Å²) in [5.74, 6) is -8.36. The molecule has 2 atom stereocenters. The standard InChI is InChI=1S/C17H15F4N3O2/c1-6(2)17(24-16(26)23(3)15(25)22-24)7-4-5-8(17)10-9(7)11(18)13(20)14(21)12(10)19/h7-8H,1,4-5H2,2-3H3,(H,22,25)/t7-,8-/m0/s1. The van der Waals surface area contributed by atoms with Crippen molar-refractivity contribution in [1.82, 2.24) is 14.3 Å². The van der Waals surface area contributed by atoms with Gasteiger partial charge in [-0.25, -0.2) is 41.5 Å². The predicted molar refractivity (Wildman–Crippen MR) is 84.1 cm³/mol.